The summed E-state index contributed by atoms with van der Waals surface area (Å²) < 4.78 is 5.38. The highest BCUT2D eigenvalue weighted by molar-refractivity contribution is 14.0. The van der Waals surface area contributed by atoms with E-state index in [9.17, 15) is 5.11 Å². The van der Waals surface area contributed by atoms with Crippen LogP contribution in [0.1, 0.15) is 19.4 Å². The number of fused-ring (bicyclic) bond motifs is 1. The lowest BCUT2D eigenvalue weighted by Crippen LogP contribution is -2.48. The van der Waals surface area contributed by atoms with E-state index in [0.717, 1.165) is 51.8 Å². The third-order valence-electron chi connectivity index (χ3n) is 5.16. The van der Waals surface area contributed by atoms with Crippen molar-refractivity contribution in [2.24, 2.45) is 4.99 Å². The van der Waals surface area contributed by atoms with Gasteiger partial charge in [0, 0.05) is 32.7 Å². The first-order chi connectivity index (χ1) is 14.1. The zero-order valence-corrected chi connectivity index (χ0v) is 20.4. The summed E-state index contributed by atoms with van der Waals surface area (Å²) in [5.74, 6) is 0.745. The van der Waals surface area contributed by atoms with Gasteiger partial charge in [0.2, 0.25) is 0 Å². The fourth-order valence-electron chi connectivity index (χ4n) is 3.71. The van der Waals surface area contributed by atoms with Gasteiger partial charge < -0.3 is 20.5 Å². The summed E-state index contributed by atoms with van der Waals surface area (Å²) >= 11 is 0. The molecule has 30 heavy (non-hydrogen) atoms. The smallest absolute Gasteiger partial charge is 0.191 e. The van der Waals surface area contributed by atoms with Gasteiger partial charge in [-0.3, -0.25) is 9.89 Å². The predicted molar refractivity (Wildman–Crippen MR) is 135 cm³/mol. The first-order valence-corrected chi connectivity index (χ1v) is 10.6. The summed E-state index contributed by atoms with van der Waals surface area (Å²) in [5, 5.41) is 20.0. The molecule has 3 N–H and O–H groups in total. The summed E-state index contributed by atoms with van der Waals surface area (Å²) in [5.41, 5.74) is 0.459. The molecular weight excluding hydrogens is 491 g/mol. The van der Waals surface area contributed by atoms with Crippen LogP contribution in [0.15, 0.2) is 47.5 Å². The molecule has 1 unspecified atom stereocenters. The topological polar surface area (TPSA) is 69.1 Å². The second kappa shape index (κ2) is 12.4. The van der Waals surface area contributed by atoms with E-state index in [-0.39, 0.29) is 24.0 Å². The number of ether oxygens (including phenoxy) is 1. The lowest BCUT2D eigenvalue weighted by molar-refractivity contribution is -0.0179. The van der Waals surface area contributed by atoms with Gasteiger partial charge in [-0.25, -0.2) is 0 Å². The molecule has 0 aliphatic carbocycles. The summed E-state index contributed by atoms with van der Waals surface area (Å²) in [6.45, 7) is 9.63. The SMILES string of the molecule is CCNC(=NCC(C)(O)CN1CCOCC1)NCCc1cccc2ccccc12.I. The number of halogens is 1. The predicted octanol–water partition coefficient (Wildman–Crippen LogP) is 2.64. The van der Waals surface area contributed by atoms with Gasteiger partial charge in [0.15, 0.2) is 5.96 Å². The molecule has 0 radical (unpaired) electrons. The Morgan fingerprint density at radius 3 is 2.63 bits per heavy atom. The Morgan fingerprint density at radius 2 is 1.87 bits per heavy atom. The van der Waals surface area contributed by atoms with Crippen LogP contribution in [-0.2, 0) is 11.2 Å². The lowest BCUT2D eigenvalue weighted by Gasteiger charge is -2.33. The van der Waals surface area contributed by atoms with Gasteiger partial charge in [-0.05, 0) is 36.6 Å². The summed E-state index contributed by atoms with van der Waals surface area (Å²) in [4.78, 5) is 6.87. The number of hydrogen-bond acceptors (Lipinski definition) is 4. The average Bonchev–Trinajstić information content (AvgIpc) is 2.72. The Hall–Kier alpha value is -1.42. The maximum absolute atomic E-state index is 10.8. The standard InChI is InChI=1S/C23H34N4O2.HI/c1-3-24-22(26-17-23(2,28)18-27-13-15-29-16-14-27)25-12-11-20-9-6-8-19-7-4-5-10-21(19)20;/h4-10,28H,3,11-18H2,1-2H3,(H2,24,25,26);1H. The minimum Gasteiger partial charge on any atom is -0.387 e. The molecule has 0 aromatic heterocycles. The van der Waals surface area contributed by atoms with Gasteiger partial charge >= 0.3 is 0 Å². The Kier molecular flexibility index (Phi) is 10.3. The van der Waals surface area contributed by atoms with E-state index in [1.165, 1.54) is 16.3 Å². The van der Waals surface area contributed by atoms with Crippen molar-refractivity contribution in [3.05, 3.63) is 48.0 Å². The van der Waals surface area contributed by atoms with E-state index in [1.54, 1.807) is 0 Å². The molecule has 1 aliphatic rings. The van der Waals surface area contributed by atoms with Crippen molar-refractivity contribution in [3.63, 3.8) is 0 Å². The minimum absolute atomic E-state index is 0. The van der Waals surface area contributed by atoms with Gasteiger partial charge in [-0.15, -0.1) is 24.0 Å². The van der Waals surface area contributed by atoms with Crippen LogP contribution in [0.3, 0.4) is 0 Å². The van der Waals surface area contributed by atoms with Gasteiger partial charge in [-0.2, -0.15) is 0 Å². The van der Waals surface area contributed by atoms with E-state index >= 15 is 0 Å². The van der Waals surface area contributed by atoms with E-state index in [1.807, 2.05) is 13.8 Å². The van der Waals surface area contributed by atoms with Crippen LogP contribution in [0.4, 0.5) is 0 Å². The molecule has 0 saturated carbocycles. The molecule has 1 heterocycles. The van der Waals surface area contributed by atoms with Crippen molar-refractivity contribution in [2.45, 2.75) is 25.9 Å². The Labute approximate surface area is 197 Å². The van der Waals surface area contributed by atoms with Crippen molar-refractivity contribution in [2.75, 3.05) is 52.5 Å². The highest BCUT2D eigenvalue weighted by Gasteiger charge is 2.25. The molecular formula is C23H35IN4O2. The molecule has 1 saturated heterocycles. The second-order valence-corrected chi connectivity index (χ2v) is 7.90. The second-order valence-electron chi connectivity index (χ2n) is 7.90. The minimum atomic E-state index is -0.866. The first kappa shape index (κ1) is 24.8. The van der Waals surface area contributed by atoms with Gasteiger partial charge in [0.25, 0.3) is 0 Å². The molecule has 1 atom stereocenters. The zero-order valence-electron chi connectivity index (χ0n) is 18.1. The van der Waals surface area contributed by atoms with Crippen LogP contribution in [0, 0.1) is 0 Å². The number of benzene rings is 2. The molecule has 3 rings (SSSR count). The van der Waals surface area contributed by atoms with Crippen molar-refractivity contribution >= 4 is 40.7 Å². The van der Waals surface area contributed by atoms with Crippen molar-refractivity contribution < 1.29 is 9.84 Å². The van der Waals surface area contributed by atoms with Crippen LogP contribution < -0.4 is 10.6 Å². The van der Waals surface area contributed by atoms with E-state index in [2.05, 4.69) is 63.0 Å². The number of morpholine rings is 1. The fourth-order valence-corrected chi connectivity index (χ4v) is 3.71. The molecule has 0 amide bonds. The Morgan fingerprint density at radius 1 is 1.13 bits per heavy atom. The number of nitrogens with one attached hydrogen (secondary N) is 2. The van der Waals surface area contributed by atoms with Gasteiger partial charge in [0.1, 0.15) is 0 Å². The summed E-state index contributed by atoms with van der Waals surface area (Å²) in [7, 11) is 0. The third-order valence-corrected chi connectivity index (χ3v) is 5.16. The van der Waals surface area contributed by atoms with E-state index in [0.29, 0.717) is 13.1 Å². The van der Waals surface area contributed by atoms with Gasteiger partial charge in [0.05, 0.1) is 25.4 Å². The molecule has 6 nitrogen and oxygen atoms in total. The van der Waals surface area contributed by atoms with Crippen LogP contribution in [0.25, 0.3) is 10.8 Å². The Bertz CT molecular complexity index is 801. The van der Waals surface area contributed by atoms with E-state index in [4.69, 9.17) is 4.74 Å². The molecule has 0 spiro atoms. The largest absolute Gasteiger partial charge is 0.387 e. The zero-order chi connectivity index (χ0) is 20.5. The summed E-state index contributed by atoms with van der Waals surface area (Å²) in [6, 6.07) is 14.9. The van der Waals surface area contributed by atoms with E-state index < -0.39 is 5.60 Å². The average molecular weight is 526 g/mol. The normalized spacial score (nSPS) is 17.2. The van der Waals surface area contributed by atoms with Crippen LogP contribution in [0.5, 0.6) is 0 Å². The molecule has 1 aliphatic heterocycles. The number of rotatable bonds is 8. The fraction of sp³-hybridized carbons (Fsp3) is 0.522. The molecule has 2 aromatic rings. The van der Waals surface area contributed by atoms with Crippen molar-refractivity contribution in [1.29, 1.82) is 0 Å². The van der Waals surface area contributed by atoms with Crippen LogP contribution >= 0.6 is 24.0 Å². The van der Waals surface area contributed by atoms with Crippen molar-refractivity contribution in [3.8, 4) is 0 Å². The molecule has 166 valence electrons. The number of hydrogen-bond donors (Lipinski definition) is 3. The molecule has 1 fully saturated rings. The van der Waals surface area contributed by atoms with Crippen LogP contribution in [0.2, 0.25) is 0 Å². The molecule has 7 heteroatoms. The number of nitrogens with zero attached hydrogens (tertiary/aromatic N) is 2. The number of guanidine groups is 1. The number of aliphatic hydroxyl groups is 1. The highest BCUT2D eigenvalue weighted by Crippen LogP contribution is 2.18. The van der Waals surface area contributed by atoms with Crippen molar-refractivity contribution in [1.82, 2.24) is 15.5 Å². The molecule has 0 bridgehead atoms. The number of aliphatic imine (C=N–C) groups is 1. The maximum atomic E-state index is 10.8. The first-order valence-electron chi connectivity index (χ1n) is 10.6. The monoisotopic (exact) mass is 526 g/mol. The quantitative estimate of drug-likeness (QED) is 0.281. The third kappa shape index (κ3) is 7.68. The lowest BCUT2D eigenvalue weighted by atomic mass is 10.0. The Balaban J connectivity index is 0.00000320. The van der Waals surface area contributed by atoms with Crippen LogP contribution in [-0.4, -0.2) is 74.0 Å². The summed E-state index contributed by atoms with van der Waals surface area (Å²) in [6.07, 6.45) is 0.913. The number of β-amino-alcohol motifs (C(OH)–C–C–N with tert-alkyl or cyclic N) is 1. The molecule has 2 aromatic carbocycles. The maximum Gasteiger partial charge on any atom is 0.191 e. The highest BCUT2D eigenvalue weighted by atomic mass is 127. The van der Waals surface area contributed by atoms with Gasteiger partial charge in [-0.1, -0.05) is 42.5 Å².